The van der Waals surface area contributed by atoms with Crippen LogP contribution in [0, 0.1) is 29.6 Å². The lowest BCUT2D eigenvalue weighted by Gasteiger charge is -2.53. The summed E-state index contributed by atoms with van der Waals surface area (Å²) in [5.41, 5.74) is -3.97. The number of aliphatic hydroxyl groups is 1. The summed E-state index contributed by atoms with van der Waals surface area (Å²) in [6, 6.07) is 0. The second kappa shape index (κ2) is 4.52. The smallest absolute Gasteiger partial charge is 0.341 e. The number of ether oxygens (including phenoxy) is 1. The average molecular weight is 336 g/mol. The van der Waals surface area contributed by atoms with Gasteiger partial charge in [-0.1, -0.05) is 18.1 Å². The summed E-state index contributed by atoms with van der Waals surface area (Å²) in [6.45, 7) is 0. The molecular weight excluding hydrogens is 318 g/mol. The molecule has 2 N–H and O–H groups in total. The molecule has 3 unspecified atom stereocenters. The topological polar surface area (TPSA) is 75.6 Å². The number of allylic oxidation sites excluding steroid dienone is 1. The summed E-state index contributed by atoms with van der Waals surface area (Å²) in [6.07, 6.45) is 11.6. The Morgan fingerprint density at radius 1 is 1.57 bits per heavy atom. The zero-order valence-electron chi connectivity index (χ0n) is 12.5. The Hall–Kier alpha value is -1.51. The molecule has 2 aliphatic carbocycles. The maximum atomic E-state index is 12.7. The van der Waals surface area contributed by atoms with Gasteiger partial charge in [-0.15, -0.1) is 18.0 Å². The van der Waals surface area contributed by atoms with Gasteiger partial charge in [0.1, 0.15) is 5.41 Å². The van der Waals surface area contributed by atoms with Crippen molar-refractivity contribution in [2.24, 2.45) is 17.3 Å². The largest absolute Gasteiger partial charge is 0.439 e. The van der Waals surface area contributed by atoms with Crippen LogP contribution in [-0.2, 0) is 14.3 Å². The van der Waals surface area contributed by atoms with Gasteiger partial charge in [-0.3, -0.25) is 4.79 Å². The van der Waals surface area contributed by atoms with Crippen molar-refractivity contribution in [3.63, 3.8) is 0 Å². The third kappa shape index (κ3) is 1.41. The van der Waals surface area contributed by atoms with E-state index in [1.165, 1.54) is 0 Å². The normalized spacial score (nSPS) is 48.0. The molecule has 5 nitrogen and oxygen atoms in total. The number of hydrogen-bond donors (Lipinski definition) is 2. The molecule has 122 valence electrons. The fourth-order valence-electron chi connectivity index (χ4n) is 4.75. The number of esters is 1. The molecule has 0 aromatic rings. The van der Waals surface area contributed by atoms with Crippen LogP contribution in [0.1, 0.15) is 25.7 Å². The second-order valence-corrected chi connectivity index (χ2v) is 7.28. The summed E-state index contributed by atoms with van der Waals surface area (Å²) >= 11 is 5.94. The predicted octanol–water partition coefficient (Wildman–Crippen LogP) is 0.746. The Morgan fingerprint density at radius 2 is 2.35 bits per heavy atom. The first-order valence-corrected chi connectivity index (χ1v) is 8.48. The van der Waals surface area contributed by atoms with Gasteiger partial charge in [-0.25, -0.2) is 4.79 Å². The van der Waals surface area contributed by atoms with Crippen LogP contribution in [0.5, 0.6) is 0 Å². The van der Waals surface area contributed by atoms with Crippen LogP contribution >= 0.6 is 11.6 Å². The minimum atomic E-state index is -1.55. The van der Waals surface area contributed by atoms with Crippen LogP contribution in [0.4, 0.5) is 0 Å². The van der Waals surface area contributed by atoms with E-state index in [1.54, 1.807) is 0 Å². The zero-order chi connectivity index (χ0) is 16.5. The van der Waals surface area contributed by atoms with E-state index in [2.05, 4.69) is 11.2 Å². The second-order valence-electron chi connectivity index (χ2n) is 6.97. The Kier molecular flexibility index (Phi) is 2.96. The number of hydrogen-bond acceptors (Lipinski definition) is 4. The summed E-state index contributed by atoms with van der Waals surface area (Å²) in [4.78, 5) is 25.1. The van der Waals surface area contributed by atoms with Gasteiger partial charge in [0.15, 0.2) is 0 Å². The lowest BCUT2D eigenvalue weighted by Crippen LogP contribution is -2.81. The van der Waals surface area contributed by atoms with E-state index >= 15 is 0 Å². The highest BCUT2D eigenvalue weighted by atomic mass is 35.5. The minimum absolute atomic E-state index is 0.135. The molecule has 6 atom stereocenters. The van der Waals surface area contributed by atoms with Crippen molar-refractivity contribution in [1.29, 1.82) is 0 Å². The molecule has 1 amide bonds. The van der Waals surface area contributed by atoms with Crippen molar-refractivity contribution < 1.29 is 19.4 Å². The van der Waals surface area contributed by atoms with E-state index in [0.717, 1.165) is 19.3 Å². The van der Waals surface area contributed by atoms with Gasteiger partial charge in [0.2, 0.25) is 17.0 Å². The molecule has 2 saturated heterocycles. The first kappa shape index (κ1) is 15.0. The molecule has 2 heterocycles. The van der Waals surface area contributed by atoms with Crippen molar-refractivity contribution in [1.82, 2.24) is 5.32 Å². The highest BCUT2D eigenvalue weighted by molar-refractivity contribution is 6.19. The molecule has 2 aliphatic heterocycles. The number of carbonyl (C=O) groups is 2. The molecule has 6 heteroatoms. The zero-order valence-corrected chi connectivity index (χ0v) is 13.3. The molecule has 0 bridgehead atoms. The number of halogens is 1. The van der Waals surface area contributed by atoms with Gasteiger partial charge >= 0.3 is 5.97 Å². The van der Waals surface area contributed by atoms with Crippen molar-refractivity contribution in [3.8, 4) is 12.3 Å². The number of aliphatic hydroxyl groups excluding tert-OH is 1. The number of nitrogens with one attached hydrogen (secondary N) is 1. The first-order valence-electron chi connectivity index (χ1n) is 7.94. The molecule has 0 aromatic heterocycles. The number of carbonyl (C=O) groups excluding carboxylic acids is 2. The van der Waals surface area contributed by atoms with Crippen molar-refractivity contribution in [2.75, 3.05) is 5.88 Å². The minimum Gasteiger partial charge on any atom is -0.439 e. The molecule has 3 fully saturated rings. The number of terminal acetylenes is 1. The molecule has 0 aromatic carbocycles. The Bertz CT molecular complexity index is 670. The molecule has 1 saturated carbocycles. The Morgan fingerprint density at radius 3 is 2.87 bits per heavy atom. The van der Waals surface area contributed by atoms with Crippen LogP contribution < -0.4 is 5.32 Å². The van der Waals surface area contributed by atoms with Crippen molar-refractivity contribution >= 4 is 23.5 Å². The fourth-order valence-corrected chi connectivity index (χ4v) is 5.13. The summed E-state index contributed by atoms with van der Waals surface area (Å²) in [5, 5.41) is 13.7. The number of amides is 1. The third-order valence-corrected chi connectivity index (χ3v) is 6.48. The Labute approximate surface area is 139 Å². The van der Waals surface area contributed by atoms with E-state index in [1.807, 2.05) is 12.2 Å². The number of rotatable bonds is 3. The van der Waals surface area contributed by atoms with Crippen LogP contribution in [0.3, 0.4) is 0 Å². The van der Waals surface area contributed by atoms with Crippen LogP contribution in [-0.4, -0.2) is 40.1 Å². The lowest BCUT2D eigenvalue weighted by atomic mass is 9.62. The summed E-state index contributed by atoms with van der Waals surface area (Å²) in [5.74, 6) is 1.48. The molecular formula is C17H18ClNO4. The van der Waals surface area contributed by atoms with Crippen molar-refractivity contribution in [2.45, 2.75) is 42.9 Å². The highest BCUT2D eigenvalue weighted by Gasteiger charge is 2.92. The van der Waals surface area contributed by atoms with Crippen LogP contribution in [0.25, 0.3) is 0 Å². The summed E-state index contributed by atoms with van der Waals surface area (Å²) < 4.78 is 5.39. The predicted molar refractivity (Wildman–Crippen MR) is 82.3 cm³/mol. The van der Waals surface area contributed by atoms with E-state index in [4.69, 9.17) is 22.8 Å². The average Bonchev–Trinajstić information content (AvgIpc) is 3.29. The highest BCUT2D eigenvalue weighted by Crippen LogP contribution is 2.71. The van der Waals surface area contributed by atoms with E-state index in [9.17, 15) is 14.7 Å². The molecule has 4 aliphatic rings. The fraction of sp³-hybridized carbons (Fsp3) is 0.647. The summed E-state index contributed by atoms with van der Waals surface area (Å²) in [7, 11) is 0. The number of fused-ring (bicyclic) bond motifs is 2. The van der Waals surface area contributed by atoms with Crippen molar-refractivity contribution in [3.05, 3.63) is 12.2 Å². The van der Waals surface area contributed by atoms with Crippen LogP contribution in [0.2, 0.25) is 0 Å². The quantitative estimate of drug-likeness (QED) is 0.345. The molecule has 23 heavy (non-hydrogen) atoms. The van der Waals surface area contributed by atoms with Crippen LogP contribution in [0.15, 0.2) is 12.2 Å². The maximum Gasteiger partial charge on any atom is 0.341 e. The van der Waals surface area contributed by atoms with Gasteiger partial charge in [0.25, 0.3) is 0 Å². The maximum absolute atomic E-state index is 12.7. The van der Waals surface area contributed by atoms with E-state index in [0.29, 0.717) is 6.42 Å². The number of alkyl halides is 1. The molecule has 4 rings (SSSR count). The van der Waals surface area contributed by atoms with Gasteiger partial charge in [0, 0.05) is 11.8 Å². The van der Waals surface area contributed by atoms with E-state index < -0.39 is 28.6 Å². The van der Waals surface area contributed by atoms with Gasteiger partial charge in [-0.05, 0) is 31.6 Å². The molecule has 1 spiro atoms. The lowest BCUT2D eigenvalue weighted by molar-refractivity contribution is -0.229. The first-order chi connectivity index (χ1) is 11.0. The van der Waals surface area contributed by atoms with Gasteiger partial charge < -0.3 is 15.2 Å². The molecule has 0 radical (unpaired) electrons. The van der Waals surface area contributed by atoms with Gasteiger partial charge in [0.05, 0.1) is 6.10 Å². The SMILES string of the molecule is C#C[C@@]12OC(=O)[C@]1(C(O)[C@@H]1C=CCCC1)NC(=O)C21CC1CCl. The third-order valence-electron chi connectivity index (χ3n) is 6.10. The Balaban J connectivity index is 1.79. The standard InChI is InChI=1S/C17H18ClNO4/c1-2-16-15(8-11(15)9-18)13(21)19-17(16,14(22)23-16)12(20)10-6-4-3-5-7-10/h1,4,6,10-12,20H,3,5,7-9H2,(H,19,21)/t10-,11?,12?,15?,16+,17+/m1/s1. The van der Waals surface area contributed by atoms with Gasteiger partial charge in [-0.2, -0.15) is 0 Å². The van der Waals surface area contributed by atoms with E-state index in [-0.39, 0.29) is 23.6 Å². The monoisotopic (exact) mass is 335 g/mol.